The maximum atomic E-state index is 12.3. The lowest BCUT2D eigenvalue weighted by molar-refractivity contribution is -0.122. The van der Waals surface area contributed by atoms with E-state index in [0.717, 1.165) is 35.5 Å². The molecule has 1 aromatic carbocycles. The number of amides is 1. The molecule has 3 rings (SSSR count). The number of rotatable bonds is 7. The van der Waals surface area contributed by atoms with Crippen molar-refractivity contribution < 1.29 is 4.79 Å². The third kappa shape index (κ3) is 3.64. The number of nitrogens with one attached hydrogen (secondary N) is 2. The van der Waals surface area contributed by atoms with Gasteiger partial charge in [0.05, 0.1) is 17.1 Å². The largest absolute Gasteiger partial charge is 0.346 e. The first-order chi connectivity index (χ1) is 11.7. The molecule has 2 N–H and O–H groups in total. The number of para-hydroxylation sites is 2. The second kappa shape index (κ2) is 7.29. The van der Waals surface area contributed by atoms with Crippen LogP contribution in [0.25, 0.3) is 11.0 Å². The third-order valence-corrected chi connectivity index (χ3v) is 4.11. The third-order valence-electron chi connectivity index (χ3n) is 4.11. The fourth-order valence-electron chi connectivity index (χ4n) is 2.89. The summed E-state index contributed by atoms with van der Waals surface area (Å²) < 4.78 is 1.96. The fraction of sp³-hybridized carbons (Fsp3) is 0.389. The topological polar surface area (TPSA) is 75.6 Å². The van der Waals surface area contributed by atoms with Gasteiger partial charge in [-0.15, -0.1) is 0 Å². The summed E-state index contributed by atoms with van der Waals surface area (Å²) in [5, 5.41) is 3.10. The van der Waals surface area contributed by atoms with Gasteiger partial charge in [0.15, 0.2) is 0 Å². The van der Waals surface area contributed by atoms with Crippen LogP contribution in [-0.4, -0.2) is 25.4 Å². The van der Waals surface area contributed by atoms with Crippen molar-refractivity contribution in [3.63, 3.8) is 0 Å². The number of carbonyl (C=O) groups is 1. The number of hydrogen-bond acceptors (Lipinski definition) is 3. The molecule has 0 unspecified atom stereocenters. The minimum absolute atomic E-state index is 0.0249. The van der Waals surface area contributed by atoms with Crippen molar-refractivity contribution in [1.82, 2.24) is 24.8 Å². The van der Waals surface area contributed by atoms with Crippen LogP contribution in [0.1, 0.15) is 43.9 Å². The zero-order valence-electron chi connectivity index (χ0n) is 14.1. The van der Waals surface area contributed by atoms with E-state index in [0.29, 0.717) is 12.8 Å². The van der Waals surface area contributed by atoms with Crippen LogP contribution in [0.4, 0.5) is 0 Å². The summed E-state index contributed by atoms with van der Waals surface area (Å²) in [5.74, 6) is 1.77. The maximum absolute atomic E-state index is 12.3. The Balaban J connectivity index is 1.60. The number of carbonyl (C=O) groups excluding carboxylic acids is 1. The van der Waals surface area contributed by atoms with Crippen LogP contribution in [0.2, 0.25) is 0 Å². The minimum atomic E-state index is -0.0434. The average Bonchev–Trinajstić information content (AvgIpc) is 3.18. The highest BCUT2D eigenvalue weighted by Crippen LogP contribution is 2.17. The molecular formula is C18H23N5O. The van der Waals surface area contributed by atoms with E-state index in [4.69, 9.17) is 0 Å². The van der Waals surface area contributed by atoms with Gasteiger partial charge >= 0.3 is 0 Å². The second-order valence-corrected chi connectivity index (χ2v) is 6.01. The van der Waals surface area contributed by atoms with Crippen LogP contribution in [0.15, 0.2) is 36.7 Å². The van der Waals surface area contributed by atoms with Crippen LogP contribution >= 0.6 is 0 Å². The quantitative estimate of drug-likeness (QED) is 0.701. The van der Waals surface area contributed by atoms with E-state index in [-0.39, 0.29) is 11.9 Å². The van der Waals surface area contributed by atoms with Crippen LogP contribution in [0.3, 0.4) is 0 Å². The van der Waals surface area contributed by atoms with E-state index in [1.807, 2.05) is 42.1 Å². The number of aromatic nitrogens is 4. The van der Waals surface area contributed by atoms with Gasteiger partial charge in [-0.2, -0.15) is 0 Å². The Hall–Kier alpha value is -2.63. The lowest BCUT2D eigenvalue weighted by atomic mass is 10.1. The predicted octanol–water partition coefficient (Wildman–Crippen LogP) is 2.89. The van der Waals surface area contributed by atoms with Crippen molar-refractivity contribution in [2.45, 2.75) is 38.6 Å². The molecule has 0 aliphatic rings. The van der Waals surface area contributed by atoms with Crippen LogP contribution < -0.4 is 5.32 Å². The second-order valence-electron chi connectivity index (χ2n) is 6.01. The Morgan fingerprint density at radius 3 is 2.92 bits per heavy atom. The van der Waals surface area contributed by atoms with Gasteiger partial charge in [0.2, 0.25) is 5.91 Å². The molecule has 0 fully saturated rings. The molecule has 6 nitrogen and oxygen atoms in total. The lowest BCUT2D eigenvalue weighted by Crippen LogP contribution is -2.30. The van der Waals surface area contributed by atoms with Crippen molar-refractivity contribution in [1.29, 1.82) is 0 Å². The Morgan fingerprint density at radius 1 is 1.38 bits per heavy atom. The highest BCUT2D eigenvalue weighted by Gasteiger charge is 2.17. The molecule has 0 bridgehead atoms. The van der Waals surface area contributed by atoms with E-state index in [9.17, 15) is 4.79 Å². The van der Waals surface area contributed by atoms with Gasteiger partial charge < -0.3 is 14.9 Å². The molecule has 0 spiro atoms. The molecule has 6 heteroatoms. The molecule has 0 saturated carbocycles. The summed E-state index contributed by atoms with van der Waals surface area (Å²) in [4.78, 5) is 24.5. The zero-order chi connectivity index (χ0) is 16.9. The number of aromatic amines is 1. The molecule has 0 saturated heterocycles. The van der Waals surface area contributed by atoms with Gasteiger partial charge in [-0.1, -0.05) is 25.5 Å². The normalized spacial score (nSPS) is 12.4. The van der Waals surface area contributed by atoms with Gasteiger partial charge in [0.25, 0.3) is 0 Å². The fourth-order valence-corrected chi connectivity index (χ4v) is 2.89. The van der Waals surface area contributed by atoms with E-state index in [1.54, 1.807) is 6.20 Å². The zero-order valence-corrected chi connectivity index (χ0v) is 14.1. The van der Waals surface area contributed by atoms with Crippen LogP contribution in [0, 0.1) is 0 Å². The van der Waals surface area contributed by atoms with Gasteiger partial charge in [-0.05, 0) is 18.6 Å². The molecule has 1 atom stereocenters. The molecule has 3 aromatic rings. The number of aryl methyl sites for hydroxylation is 2. The minimum Gasteiger partial charge on any atom is -0.346 e. The van der Waals surface area contributed by atoms with Crippen molar-refractivity contribution in [2.24, 2.45) is 7.05 Å². The van der Waals surface area contributed by atoms with Gasteiger partial charge in [0, 0.05) is 32.3 Å². The molecule has 24 heavy (non-hydrogen) atoms. The van der Waals surface area contributed by atoms with Crippen LogP contribution in [0.5, 0.6) is 0 Å². The van der Waals surface area contributed by atoms with Crippen molar-refractivity contribution in [3.05, 3.63) is 48.3 Å². The Morgan fingerprint density at radius 2 is 2.21 bits per heavy atom. The number of imidazole rings is 2. The van der Waals surface area contributed by atoms with E-state index in [2.05, 4.69) is 27.2 Å². The molecule has 0 radical (unpaired) electrons. The monoisotopic (exact) mass is 325 g/mol. The Bertz CT molecular complexity index is 787. The molecule has 2 heterocycles. The van der Waals surface area contributed by atoms with Crippen LogP contribution in [-0.2, 0) is 18.3 Å². The molecule has 126 valence electrons. The summed E-state index contributed by atoms with van der Waals surface area (Å²) in [5.41, 5.74) is 1.94. The number of hydrogen-bond donors (Lipinski definition) is 2. The van der Waals surface area contributed by atoms with Gasteiger partial charge in [-0.3, -0.25) is 4.79 Å². The van der Waals surface area contributed by atoms with E-state index < -0.39 is 0 Å². The van der Waals surface area contributed by atoms with Crippen molar-refractivity contribution in [2.75, 3.05) is 0 Å². The Kier molecular flexibility index (Phi) is 4.93. The summed E-state index contributed by atoms with van der Waals surface area (Å²) in [7, 11) is 1.95. The van der Waals surface area contributed by atoms with E-state index in [1.165, 1.54) is 0 Å². The van der Waals surface area contributed by atoms with Crippen molar-refractivity contribution in [3.8, 4) is 0 Å². The molecule has 0 aliphatic carbocycles. The van der Waals surface area contributed by atoms with Gasteiger partial charge in [-0.25, -0.2) is 9.97 Å². The summed E-state index contributed by atoms with van der Waals surface area (Å²) in [6.07, 6.45) is 6.53. The standard InChI is InChI=1S/C18H23N5O/c1-3-6-15(18-19-11-12-23(18)2)22-17(24)10-9-16-20-13-7-4-5-8-14(13)21-16/h4-5,7-8,11-12,15H,3,6,9-10H2,1-2H3,(H,20,21)(H,22,24)/t15-/m1/s1. The lowest BCUT2D eigenvalue weighted by Gasteiger charge is -2.17. The SMILES string of the molecule is CCC[C@@H](NC(=O)CCc1nc2ccccc2[nH]1)c1nccn1C. The molecular weight excluding hydrogens is 302 g/mol. The highest BCUT2D eigenvalue weighted by molar-refractivity contribution is 5.77. The first-order valence-electron chi connectivity index (χ1n) is 8.37. The number of benzene rings is 1. The first kappa shape index (κ1) is 16.2. The predicted molar refractivity (Wildman–Crippen MR) is 93.4 cm³/mol. The average molecular weight is 325 g/mol. The van der Waals surface area contributed by atoms with Crippen molar-refractivity contribution >= 4 is 16.9 Å². The smallest absolute Gasteiger partial charge is 0.221 e. The number of fused-ring (bicyclic) bond motifs is 1. The molecule has 1 amide bonds. The first-order valence-corrected chi connectivity index (χ1v) is 8.37. The summed E-state index contributed by atoms with van der Waals surface area (Å²) in [6, 6.07) is 7.84. The van der Waals surface area contributed by atoms with Gasteiger partial charge in [0.1, 0.15) is 11.6 Å². The molecule has 2 aromatic heterocycles. The maximum Gasteiger partial charge on any atom is 0.221 e. The molecule has 0 aliphatic heterocycles. The van der Waals surface area contributed by atoms with E-state index >= 15 is 0 Å². The summed E-state index contributed by atoms with van der Waals surface area (Å²) >= 11 is 0. The highest BCUT2D eigenvalue weighted by atomic mass is 16.1. The Labute approximate surface area is 141 Å². The number of nitrogens with zero attached hydrogens (tertiary/aromatic N) is 3. The summed E-state index contributed by atoms with van der Waals surface area (Å²) in [6.45, 7) is 2.11. The number of H-pyrrole nitrogens is 1.